The fourth-order valence-electron chi connectivity index (χ4n) is 1.93. The molecule has 1 aliphatic rings. The van der Waals surface area contributed by atoms with Crippen LogP contribution in [0, 0.1) is 0 Å². The molecule has 1 aromatic carbocycles. The number of rotatable bonds is 5. The van der Waals surface area contributed by atoms with Crippen LogP contribution in [0.1, 0.15) is 12.0 Å². The Morgan fingerprint density at radius 3 is 2.58 bits per heavy atom. The minimum Gasteiger partial charge on any atom is -0.379 e. The van der Waals surface area contributed by atoms with Crippen molar-refractivity contribution in [3.63, 3.8) is 0 Å². The van der Waals surface area contributed by atoms with Crippen molar-refractivity contribution in [3.05, 3.63) is 42.0 Å². The Morgan fingerprint density at radius 1 is 1.21 bits per heavy atom. The topological polar surface area (TPSA) is 29.5 Å². The van der Waals surface area contributed by atoms with Crippen molar-refractivity contribution in [3.8, 4) is 0 Å². The second-order valence-electron chi connectivity index (χ2n) is 4.41. The van der Waals surface area contributed by atoms with Gasteiger partial charge in [0.25, 0.3) is 0 Å². The van der Waals surface area contributed by atoms with Gasteiger partial charge in [-0.25, -0.2) is 0 Å². The van der Waals surface area contributed by atoms with Crippen molar-refractivity contribution in [1.82, 2.24) is 4.90 Å². The van der Waals surface area contributed by atoms with Crippen LogP contribution in [0.25, 0.3) is 6.08 Å². The van der Waals surface area contributed by atoms with E-state index >= 15 is 0 Å². The second-order valence-corrected chi connectivity index (χ2v) is 4.41. The van der Waals surface area contributed by atoms with Crippen molar-refractivity contribution in [2.45, 2.75) is 6.42 Å². The van der Waals surface area contributed by atoms with Gasteiger partial charge in [-0.1, -0.05) is 36.4 Å². The van der Waals surface area contributed by atoms with E-state index in [4.69, 9.17) is 4.74 Å². The molecule has 19 heavy (non-hydrogen) atoms. The van der Waals surface area contributed by atoms with Gasteiger partial charge in [0.1, 0.15) is 0 Å². The summed E-state index contributed by atoms with van der Waals surface area (Å²) in [6, 6.07) is 9.89. The van der Waals surface area contributed by atoms with Gasteiger partial charge in [0.05, 0.1) is 13.2 Å². The van der Waals surface area contributed by atoms with E-state index in [0.29, 0.717) is 6.42 Å². The van der Waals surface area contributed by atoms with E-state index in [1.54, 1.807) is 6.08 Å². The number of allylic oxidation sites excluding steroid dienone is 1. The third kappa shape index (κ3) is 6.14. The number of hydrogen-bond acceptors (Lipinski definition) is 3. The number of ketones is 1. The zero-order valence-corrected chi connectivity index (χ0v) is 12.7. The Kier molecular flexibility index (Phi) is 7.63. The highest BCUT2D eigenvalue weighted by Gasteiger charge is 2.10. The predicted molar refractivity (Wildman–Crippen MR) is 82.7 cm³/mol. The maximum Gasteiger partial charge on any atom is 0.156 e. The summed E-state index contributed by atoms with van der Waals surface area (Å²) >= 11 is 0. The van der Waals surface area contributed by atoms with E-state index in [2.05, 4.69) is 4.90 Å². The highest BCUT2D eigenvalue weighted by atomic mass is 79.9. The van der Waals surface area contributed by atoms with Gasteiger partial charge in [-0.3, -0.25) is 9.69 Å². The van der Waals surface area contributed by atoms with Gasteiger partial charge in [-0.15, -0.1) is 17.0 Å². The lowest BCUT2D eigenvalue weighted by molar-refractivity contribution is -0.115. The number of carbonyl (C=O) groups is 1. The first kappa shape index (κ1) is 16.1. The highest BCUT2D eigenvalue weighted by Crippen LogP contribution is 2.03. The molecular weight excluding hydrogens is 306 g/mol. The average Bonchev–Trinajstić information content (AvgIpc) is 2.45. The van der Waals surface area contributed by atoms with Crippen LogP contribution in [0.2, 0.25) is 0 Å². The lowest BCUT2D eigenvalue weighted by atomic mass is 10.1. The number of morpholine rings is 1. The molecule has 1 aliphatic heterocycles. The van der Waals surface area contributed by atoms with E-state index in [1.165, 1.54) is 0 Å². The molecule has 4 heteroatoms. The molecule has 1 aromatic rings. The molecule has 0 unspecified atom stereocenters. The lowest BCUT2D eigenvalue weighted by Crippen LogP contribution is -2.37. The van der Waals surface area contributed by atoms with Gasteiger partial charge in [0, 0.05) is 26.1 Å². The van der Waals surface area contributed by atoms with Gasteiger partial charge in [0.2, 0.25) is 0 Å². The number of carbonyl (C=O) groups excluding carboxylic acids is 1. The zero-order valence-electron chi connectivity index (χ0n) is 11.0. The first-order chi connectivity index (χ1) is 8.84. The first-order valence-electron chi connectivity index (χ1n) is 6.41. The third-order valence-electron chi connectivity index (χ3n) is 3.04. The minimum atomic E-state index is 0. The summed E-state index contributed by atoms with van der Waals surface area (Å²) < 4.78 is 5.27. The normalized spacial score (nSPS) is 16.2. The number of halogens is 1. The molecule has 1 fully saturated rings. The summed E-state index contributed by atoms with van der Waals surface area (Å²) in [6.07, 6.45) is 4.14. The summed E-state index contributed by atoms with van der Waals surface area (Å²) in [7, 11) is 0. The quantitative estimate of drug-likeness (QED) is 0.779. The number of ether oxygens (including phenoxy) is 1. The molecule has 1 saturated heterocycles. The van der Waals surface area contributed by atoms with E-state index in [1.807, 2.05) is 36.4 Å². The van der Waals surface area contributed by atoms with Crippen LogP contribution < -0.4 is 0 Å². The molecule has 0 radical (unpaired) electrons. The molecular formula is C15H20BrNO2. The van der Waals surface area contributed by atoms with Crippen LogP contribution in [-0.2, 0) is 9.53 Å². The van der Waals surface area contributed by atoms with E-state index in [-0.39, 0.29) is 22.8 Å². The first-order valence-corrected chi connectivity index (χ1v) is 6.41. The smallest absolute Gasteiger partial charge is 0.156 e. The molecule has 0 atom stereocenters. The van der Waals surface area contributed by atoms with Crippen molar-refractivity contribution < 1.29 is 9.53 Å². The van der Waals surface area contributed by atoms with Gasteiger partial charge in [-0.05, 0) is 11.6 Å². The second kappa shape index (κ2) is 9.02. The Hall–Kier alpha value is -0.970. The Balaban J connectivity index is 0.00000180. The molecule has 0 aromatic heterocycles. The fraction of sp³-hybridized carbons (Fsp3) is 0.400. The summed E-state index contributed by atoms with van der Waals surface area (Å²) in [5.41, 5.74) is 1.07. The Bertz CT molecular complexity index is 400. The molecule has 3 nitrogen and oxygen atoms in total. The maximum atomic E-state index is 11.7. The van der Waals surface area contributed by atoms with Crippen molar-refractivity contribution >= 4 is 28.8 Å². The largest absolute Gasteiger partial charge is 0.379 e. The van der Waals surface area contributed by atoms with Crippen LogP contribution in [0.5, 0.6) is 0 Å². The van der Waals surface area contributed by atoms with E-state index in [0.717, 1.165) is 38.4 Å². The van der Waals surface area contributed by atoms with Crippen LogP contribution in [0.4, 0.5) is 0 Å². The molecule has 0 spiro atoms. The lowest BCUT2D eigenvalue weighted by Gasteiger charge is -2.25. The van der Waals surface area contributed by atoms with E-state index in [9.17, 15) is 4.79 Å². The molecule has 2 rings (SSSR count). The number of hydrogen-bond donors (Lipinski definition) is 0. The molecule has 0 saturated carbocycles. The van der Waals surface area contributed by atoms with Crippen molar-refractivity contribution in [1.29, 1.82) is 0 Å². The van der Waals surface area contributed by atoms with Gasteiger partial charge in [-0.2, -0.15) is 0 Å². The van der Waals surface area contributed by atoms with E-state index < -0.39 is 0 Å². The maximum absolute atomic E-state index is 11.7. The Morgan fingerprint density at radius 2 is 1.89 bits per heavy atom. The van der Waals surface area contributed by atoms with Crippen molar-refractivity contribution in [2.75, 3.05) is 32.8 Å². The monoisotopic (exact) mass is 325 g/mol. The van der Waals surface area contributed by atoms with Gasteiger partial charge in [0.15, 0.2) is 5.78 Å². The average molecular weight is 326 g/mol. The Labute approximate surface area is 125 Å². The highest BCUT2D eigenvalue weighted by molar-refractivity contribution is 8.93. The standard InChI is InChI=1S/C15H19NO2.BrH/c17-15(7-6-14-4-2-1-3-5-14)8-9-16-10-12-18-13-11-16;/h1-7H,8-13H2;1H/b7-6-;. The third-order valence-corrected chi connectivity index (χ3v) is 3.04. The van der Waals surface area contributed by atoms with Gasteiger partial charge >= 0.3 is 0 Å². The van der Waals surface area contributed by atoms with Gasteiger partial charge < -0.3 is 4.74 Å². The van der Waals surface area contributed by atoms with Crippen LogP contribution in [0.3, 0.4) is 0 Å². The summed E-state index contributed by atoms with van der Waals surface area (Å²) in [5.74, 6) is 0.186. The predicted octanol–water partition coefficient (Wildman–Crippen LogP) is 2.57. The SMILES string of the molecule is Br.O=C(/C=C\c1ccccc1)CCN1CCOCC1. The summed E-state index contributed by atoms with van der Waals surface area (Å²) in [4.78, 5) is 14.0. The number of benzene rings is 1. The minimum absolute atomic E-state index is 0. The molecule has 0 aliphatic carbocycles. The van der Waals surface area contributed by atoms with Crippen molar-refractivity contribution in [2.24, 2.45) is 0 Å². The fourth-order valence-corrected chi connectivity index (χ4v) is 1.93. The molecule has 104 valence electrons. The molecule has 0 amide bonds. The number of nitrogens with zero attached hydrogens (tertiary/aromatic N) is 1. The zero-order chi connectivity index (χ0) is 12.6. The van der Waals surface area contributed by atoms with Crippen LogP contribution in [0.15, 0.2) is 36.4 Å². The van der Waals surface area contributed by atoms with Crippen LogP contribution >= 0.6 is 17.0 Å². The van der Waals surface area contributed by atoms with Crippen LogP contribution in [-0.4, -0.2) is 43.5 Å². The molecule has 0 N–H and O–H groups in total. The summed E-state index contributed by atoms with van der Waals surface area (Å²) in [5, 5.41) is 0. The molecule has 0 bridgehead atoms. The summed E-state index contributed by atoms with van der Waals surface area (Å²) in [6.45, 7) is 4.29. The molecule has 1 heterocycles.